The summed E-state index contributed by atoms with van der Waals surface area (Å²) in [5.41, 5.74) is 6.45. The molecule has 1 aliphatic heterocycles. The number of nitrogens with zero attached hydrogens (tertiary/aromatic N) is 1. The minimum absolute atomic E-state index is 0.0484. The van der Waals surface area contributed by atoms with E-state index in [9.17, 15) is 9.59 Å². The first-order valence-electron chi connectivity index (χ1n) is 7.08. The highest BCUT2D eigenvalue weighted by atomic mass is 16.6. The van der Waals surface area contributed by atoms with Crippen LogP contribution >= 0.6 is 0 Å². The predicted molar refractivity (Wildman–Crippen MR) is 78.4 cm³/mol. The molecular weight excluding hydrogens is 270 g/mol. The van der Waals surface area contributed by atoms with Crippen molar-refractivity contribution < 1.29 is 14.3 Å². The number of nitrogens with two attached hydrogens (primary N) is 1. The molecule has 114 valence electrons. The lowest BCUT2D eigenvalue weighted by molar-refractivity contribution is -0.122. The molecule has 1 heterocycles. The van der Waals surface area contributed by atoms with Crippen molar-refractivity contribution in [2.45, 2.75) is 32.0 Å². The molecular formula is C15H21N3O3. The highest BCUT2D eigenvalue weighted by molar-refractivity contribution is 5.81. The summed E-state index contributed by atoms with van der Waals surface area (Å²) in [5.74, 6) is -0.195. The van der Waals surface area contributed by atoms with Crippen molar-refractivity contribution in [3.63, 3.8) is 0 Å². The number of amides is 2. The summed E-state index contributed by atoms with van der Waals surface area (Å²) in [6.07, 6.45) is 0.371. The van der Waals surface area contributed by atoms with Crippen LogP contribution in [0.3, 0.4) is 0 Å². The quantitative estimate of drug-likeness (QED) is 0.861. The van der Waals surface area contributed by atoms with Gasteiger partial charge in [0.15, 0.2) is 0 Å². The van der Waals surface area contributed by atoms with Crippen LogP contribution in [0.15, 0.2) is 30.3 Å². The third-order valence-corrected chi connectivity index (χ3v) is 3.41. The summed E-state index contributed by atoms with van der Waals surface area (Å²) >= 11 is 0. The first-order chi connectivity index (χ1) is 10.1. The predicted octanol–water partition coefficient (Wildman–Crippen LogP) is 0.861. The number of nitrogens with one attached hydrogen (secondary N) is 1. The third-order valence-electron chi connectivity index (χ3n) is 3.41. The van der Waals surface area contributed by atoms with Gasteiger partial charge < -0.3 is 20.7 Å². The third kappa shape index (κ3) is 4.46. The van der Waals surface area contributed by atoms with E-state index in [2.05, 4.69) is 5.32 Å². The van der Waals surface area contributed by atoms with Gasteiger partial charge in [-0.25, -0.2) is 4.79 Å². The van der Waals surface area contributed by atoms with Gasteiger partial charge in [-0.1, -0.05) is 30.3 Å². The van der Waals surface area contributed by atoms with Crippen molar-refractivity contribution in [2.24, 2.45) is 5.73 Å². The largest absolute Gasteiger partial charge is 0.445 e. The molecule has 2 amide bonds. The Hall–Kier alpha value is -2.08. The summed E-state index contributed by atoms with van der Waals surface area (Å²) in [4.78, 5) is 25.1. The SMILES string of the molecule is C[C@H](N)C(=O)N[C@H]1CCN(C(=O)OCc2ccccc2)C1. The van der Waals surface area contributed by atoms with Crippen LogP contribution in [0.4, 0.5) is 4.79 Å². The Morgan fingerprint density at radius 3 is 2.81 bits per heavy atom. The molecule has 1 aromatic carbocycles. The summed E-state index contributed by atoms with van der Waals surface area (Å²) in [5, 5.41) is 2.82. The van der Waals surface area contributed by atoms with Gasteiger partial charge in [-0.2, -0.15) is 0 Å². The molecule has 0 unspecified atom stereocenters. The maximum atomic E-state index is 12.0. The number of hydrogen-bond donors (Lipinski definition) is 2. The minimum atomic E-state index is -0.538. The number of likely N-dealkylation sites (tertiary alicyclic amines) is 1. The van der Waals surface area contributed by atoms with Gasteiger partial charge in [-0.3, -0.25) is 4.79 Å². The van der Waals surface area contributed by atoms with E-state index in [-0.39, 0.29) is 24.6 Å². The van der Waals surface area contributed by atoms with Crippen molar-refractivity contribution in [1.29, 1.82) is 0 Å². The Morgan fingerprint density at radius 1 is 1.43 bits per heavy atom. The van der Waals surface area contributed by atoms with Crippen molar-refractivity contribution >= 4 is 12.0 Å². The Kier molecular flexibility index (Phi) is 5.16. The van der Waals surface area contributed by atoms with Gasteiger partial charge in [0.2, 0.25) is 5.91 Å². The molecule has 6 nitrogen and oxygen atoms in total. The van der Waals surface area contributed by atoms with Crippen LogP contribution in [0.1, 0.15) is 18.9 Å². The van der Waals surface area contributed by atoms with Gasteiger partial charge >= 0.3 is 6.09 Å². The maximum absolute atomic E-state index is 12.0. The van der Waals surface area contributed by atoms with E-state index in [4.69, 9.17) is 10.5 Å². The lowest BCUT2D eigenvalue weighted by atomic mass is 10.2. The fraction of sp³-hybridized carbons (Fsp3) is 0.467. The second-order valence-electron chi connectivity index (χ2n) is 5.27. The fourth-order valence-electron chi connectivity index (χ4n) is 2.19. The Balaban J connectivity index is 1.76. The number of ether oxygens (including phenoxy) is 1. The number of benzene rings is 1. The normalized spacial score (nSPS) is 19.1. The molecule has 2 rings (SSSR count). The topological polar surface area (TPSA) is 84.7 Å². The average molecular weight is 291 g/mol. The van der Waals surface area contributed by atoms with Crippen LogP contribution in [0.25, 0.3) is 0 Å². The van der Waals surface area contributed by atoms with Crippen molar-refractivity contribution in [1.82, 2.24) is 10.2 Å². The summed E-state index contributed by atoms with van der Waals surface area (Å²) in [6.45, 7) is 2.94. The van der Waals surface area contributed by atoms with E-state index in [1.807, 2.05) is 30.3 Å². The van der Waals surface area contributed by atoms with Gasteiger partial charge in [0.05, 0.1) is 6.04 Å². The second kappa shape index (κ2) is 7.08. The molecule has 0 saturated carbocycles. The average Bonchev–Trinajstić information content (AvgIpc) is 2.94. The van der Waals surface area contributed by atoms with E-state index < -0.39 is 6.04 Å². The number of rotatable bonds is 4. The summed E-state index contributed by atoms with van der Waals surface area (Å²) in [6, 6.07) is 8.94. The van der Waals surface area contributed by atoms with E-state index in [1.165, 1.54) is 0 Å². The molecule has 21 heavy (non-hydrogen) atoms. The number of carbonyl (C=O) groups is 2. The van der Waals surface area contributed by atoms with Crippen LogP contribution in [-0.2, 0) is 16.1 Å². The van der Waals surface area contributed by atoms with Crippen LogP contribution in [0, 0.1) is 0 Å². The van der Waals surface area contributed by atoms with Crippen LogP contribution < -0.4 is 11.1 Å². The lowest BCUT2D eigenvalue weighted by Crippen LogP contribution is -2.45. The molecule has 2 atom stereocenters. The summed E-state index contributed by atoms with van der Waals surface area (Å²) < 4.78 is 5.26. The summed E-state index contributed by atoms with van der Waals surface area (Å²) in [7, 11) is 0. The molecule has 0 radical (unpaired) electrons. The molecule has 6 heteroatoms. The first kappa shape index (κ1) is 15.3. The van der Waals surface area contributed by atoms with Gasteiger partial charge in [0.25, 0.3) is 0 Å². The molecule has 1 aliphatic rings. The van der Waals surface area contributed by atoms with Gasteiger partial charge in [-0.05, 0) is 18.9 Å². The van der Waals surface area contributed by atoms with Crippen LogP contribution in [0.2, 0.25) is 0 Å². The van der Waals surface area contributed by atoms with Crippen LogP contribution in [0.5, 0.6) is 0 Å². The number of carbonyl (C=O) groups excluding carboxylic acids is 2. The van der Waals surface area contributed by atoms with Crippen molar-refractivity contribution in [3.05, 3.63) is 35.9 Å². The zero-order chi connectivity index (χ0) is 15.2. The van der Waals surface area contributed by atoms with Crippen molar-refractivity contribution in [3.8, 4) is 0 Å². The molecule has 0 bridgehead atoms. The molecule has 1 fully saturated rings. The fourth-order valence-corrected chi connectivity index (χ4v) is 2.19. The number of hydrogen-bond acceptors (Lipinski definition) is 4. The van der Waals surface area contributed by atoms with Gasteiger partial charge in [0, 0.05) is 19.1 Å². The second-order valence-corrected chi connectivity index (χ2v) is 5.27. The minimum Gasteiger partial charge on any atom is -0.445 e. The van der Waals surface area contributed by atoms with Crippen molar-refractivity contribution in [2.75, 3.05) is 13.1 Å². The highest BCUT2D eigenvalue weighted by Gasteiger charge is 2.28. The Morgan fingerprint density at radius 2 is 2.14 bits per heavy atom. The molecule has 0 spiro atoms. The molecule has 1 aromatic rings. The Labute approximate surface area is 124 Å². The standard InChI is InChI=1S/C15H21N3O3/c1-11(16)14(19)17-13-7-8-18(9-13)15(20)21-10-12-5-3-2-4-6-12/h2-6,11,13H,7-10,16H2,1H3,(H,17,19)/t11-,13-/m0/s1. The first-order valence-corrected chi connectivity index (χ1v) is 7.08. The zero-order valence-corrected chi connectivity index (χ0v) is 12.1. The van der Waals surface area contributed by atoms with E-state index in [0.29, 0.717) is 13.1 Å². The Bertz CT molecular complexity index is 490. The van der Waals surface area contributed by atoms with Crippen LogP contribution in [-0.4, -0.2) is 42.1 Å². The molecule has 0 aromatic heterocycles. The molecule has 3 N–H and O–H groups in total. The van der Waals surface area contributed by atoms with Gasteiger partial charge in [0.1, 0.15) is 6.61 Å². The van der Waals surface area contributed by atoms with Gasteiger partial charge in [-0.15, -0.1) is 0 Å². The monoisotopic (exact) mass is 291 g/mol. The smallest absolute Gasteiger partial charge is 0.410 e. The van der Waals surface area contributed by atoms with E-state index in [0.717, 1.165) is 12.0 Å². The lowest BCUT2D eigenvalue weighted by Gasteiger charge is -2.17. The zero-order valence-electron chi connectivity index (χ0n) is 12.1. The van der Waals surface area contributed by atoms with E-state index in [1.54, 1.807) is 11.8 Å². The molecule has 0 aliphatic carbocycles. The maximum Gasteiger partial charge on any atom is 0.410 e. The van der Waals surface area contributed by atoms with E-state index >= 15 is 0 Å². The highest BCUT2D eigenvalue weighted by Crippen LogP contribution is 2.12. The molecule has 1 saturated heterocycles.